The Balaban J connectivity index is 2.17. The predicted molar refractivity (Wildman–Crippen MR) is 116 cm³/mol. The number of nitro groups is 1. The van der Waals surface area contributed by atoms with Crippen LogP contribution in [0.25, 0.3) is 6.08 Å². The SMILES string of the molecule is CN(C)CCCNC(=O)C(=Cc1ccc(Cl)cc1)NC(=O)c1ccc([N+](=O)[O-])cc1. The topological polar surface area (TPSA) is 105 Å². The van der Waals surface area contributed by atoms with Gasteiger partial charge in [-0.25, -0.2) is 0 Å². The number of nitrogens with one attached hydrogen (secondary N) is 2. The summed E-state index contributed by atoms with van der Waals surface area (Å²) in [6, 6.07) is 11.9. The van der Waals surface area contributed by atoms with E-state index in [1.807, 2.05) is 19.0 Å². The first-order valence-corrected chi connectivity index (χ1v) is 9.60. The molecule has 9 heteroatoms. The van der Waals surface area contributed by atoms with E-state index in [4.69, 9.17) is 11.6 Å². The fourth-order valence-corrected chi connectivity index (χ4v) is 2.63. The Labute approximate surface area is 179 Å². The second-order valence-corrected chi connectivity index (χ2v) is 7.22. The molecule has 0 saturated heterocycles. The molecule has 0 aliphatic carbocycles. The number of carbonyl (C=O) groups is 2. The average Bonchev–Trinajstić information content (AvgIpc) is 2.72. The molecule has 30 heavy (non-hydrogen) atoms. The van der Waals surface area contributed by atoms with Crippen molar-refractivity contribution in [2.24, 2.45) is 0 Å². The molecule has 0 spiro atoms. The van der Waals surface area contributed by atoms with Crippen molar-refractivity contribution in [3.8, 4) is 0 Å². The molecule has 158 valence electrons. The molecule has 0 fully saturated rings. The predicted octanol–water partition coefficient (Wildman–Crippen LogP) is 3.09. The molecule has 8 nitrogen and oxygen atoms in total. The van der Waals surface area contributed by atoms with Crippen LogP contribution in [-0.2, 0) is 4.79 Å². The Morgan fingerprint density at radius 1 is 1.10 bits per heavy atom. The van der Waals surface area contributed by atoms with E-state index < -0.39 is 16.7 Å². The van der Waals surface area contributed by atoms with E-state index in [2.05, 4.69) is 10.6 Å². The molecule has 0 atom stereocenters. The van der Waals surface area contributed by atoms with Crippen LogP contribution in [0.5, 0.6) is 0 Å². The van der Waals surface area contributed by atoms with Crippen molar-refractivity contribution in [3.05, 3.63) is 80.5 Å². The largest absolute Gasteiger partial charge is 0.351 e. The molecule has 0 aliphatic heterocycles. The lowest BCUT2D eigenvalue weighted by atomic mass is 10.1. The first-order valence-electron chi connectivity index (χ1n) is 9.22. The summed E-state index contributed by atoms with van der Waals surface area (Å²) >= 11 is 5.90. The van der Waals surface area contributed by atoms with Gasteiger partial charge in [-0.3, -0.25) is 19.7 Å². The molecular formula is C21H23ClN4O4. The summed E-state index contributed by atoms with van der Waals surface area (Å²) < 4.78 is 0. The van der Waals surface area contributed by atoms with Crippen LogP contribution in [0.15, 0.2) is 54.2 Å². The third kappa shape index (κ3) is 7.31. The normalized spacial score (nSPS) is 11.3. The number of nitrogens with zero attached hydrogens (tertiary/aromatic N) is 2. The number of nitro benzene ring substituents is 1. The monoisotopic (exact) mass is 430 g/mol. The number of rotatable bonds is 9. The Morgan fingerprint density at radius 2 is 1.73 bits per heavy atom. The fourth-order valence-electron chi connectivity index (χ4n) is 2.51. The molecule has 2 aromatic rings. The highest BCUT2D eigenvalue weighted by Gasteiger charge is 2.15. The molecule has 0 bridgehead atoms. The third-order valence-electron chi connectivity index (χ3n) is 4.08. The Hall–Kier alpha value is -3.23. The summed E-state index contributed by atoms with van der Waals surface area (Å²) in [6.07, 6.45) is 2.30. The zero-order chi connectivity index (χ0) is 22.1. The van der Waals surface area contributed by atoms with Gasteiger partial charge in [0.25, 0.3) is 17.5 Å². The quantitative estimate of drug-likeness (QED) is 0.275. The van der Waals surface area contributed by atoms with Crippen molar-refractivity contribution in [1.29, 1.82) is 0 Å². The van der Waals surface area contributed by atoms with E-state index in [1.165, 1.54) is 24.3 Å². The zero-order valence-electron chi connectivity index (χ0n) is 16.7. The van der Waals surface area contributed by atoms with Gasteiger partial charge in [0, 0.05) is 29.3 Å². The Bertz CT molecular complexity index is 925. The van der Waals surface area contributed by atoms with Gasteiger partial charge in [-0.2, -0.15) is 0 Å². The van der Waals surface area contributed by atoms with Crippen LogP contribution >= 0.6 is 11.6 Å². The Morgan fingerprint density at radius 3 is 2.30 bits per heavy atom. The first-order chi connectivity index (χ1) is 14.3. The van der Waals surface area contributed by atoms with Gasteiger partial charge >= 0.3 is 0 Å². The molecule has 0 aliphatic rings. The van der Waals surface area contributed by atoms with Crippen molar-refractivity contribution in [2.75, 3.05) is 27.2 Å². The van der Waals surface area contributed by atoms with Gasteiger partial charge in [-0.1, -0.05) is 23.7 Å². The summed E-state index contributed by atoms with van der Waals surface area (Å²) in [7, 11) is 3.89. The standard InChI is InChI=1S/C21H23ClN4O4/c1-25(2)13-3-12-23-21(28)19(14-15-4-8-17(22)9-5-15)24-20(27)16-6-10-18(11-7-16)26(29)30/h4-11,14H,3,12-13H2,1-2H3,(H,23,28)(H,24,27). The second kappa shape index (κ2) is 11.1. The molecule has 0 saturated carbocycles. The molecule has 0 heterocycles. The highest BCUT2D eigenvalue weighted by molar-refractivity contribution is 6.30. The van der Waals surface area contributed by atoms with Crippen LogP contribution in [0.1, 0.15) is 22.3 Å². The maximum absolute atomic E-state index is 12.6. The van der Waals surface area contributed by atoms with Gasteiger partial charge in [0.1, 0.15) is 5.70 Å². The molecule has 2 rings (SSSR count). The van der Waals surface area contributed by atoms with Crippen LogP contribution in [0.3, 0.4) is 0 Å². The van der Waals surface area contributed by atoms with Gasteiger partial charge in [-0.15, -0.1) is 0 Å². The minimum Gasteiger partial charge on any atom is -0.351 e. The smallest absolute Gasteiger partial charge is 0.269 e. The van der Waals surface area contributed by atoms with E-state index in [9.17, 15) is 19.7 Å². The van der Waals surface area contributed by atoms with Gasteiger partial charge < -0.3 is 15.5 Å². The lowest BCUT2D eigenvalue weighted by Gasteiger charge is -2.13. The van der Waals surface area contributed by atoms with E-state index in [-0.39, 0.29) is 16.9 Å². The van der Waals surface area contributed by atoms with E-state index >= 15 is 0 Å². The van der Waals surface area contributed by atoms with E-state index in [0.717, 1.165) is 13.0 Å². The van der Waals surface area contributed by atoms with Crippen molar-refractivity contribution in [2.45, 2.75) is 6.42 Å². The summed E-state index contributed by atoms with van der Waals surface area (Å²) in [4.78, 5) is 37.5. The van der Waals surface area contributed by atoms with Crippen LogP contribution in [0.4, 0.5) is 5.69 Å². The molecule has 2 N–H and O–H groups in total. The number of halogens is 1. The van der Waals surface area contributed by atoms with Crippen molar-refractivity contribution >= 4 is 35.2 Å². The number of carbonyl (C=O) groups excluding carboxylic acids is 2. The maximum atomic E-state index is 12.6. The summed E-state index contributed by atoms with van der Waals surface area (Å²) in [5.74, 6) is -0.979. The van der Waals surface area contributed by atoms with Crippen LogP contribution in [-0.4, -0.2) is 48.8 Å². The summed E-state index contributed by atoms with van der Waals surface area (Å²) in [5, 5.41) is 16.7. The van der Waals surface area contributed by atoms with Crippen molar-refractivity contribution in [1.82, 2.24) is 15.5 Å². The van der Waals surface area contributed by atoms with E-state index in [1.54, 1.807) is 30.3 Å². The van der Waals surface area contributed by atoms with Crippen LogP contribution in [0.2, 0.25) is 5.02 Å². The molecule has 0 aromatic heterocycles. The number of hydrogen-bond donors (Lipinski definition) is 2. The number of non-ortho nitro benzene ring substituents is 1. The lowest BCUT2D eigenvalue weighted by Crippen LogP contribution is -2.36. The van der Waals surface area contributed by atoms with Crippen molar-refractivity contribution < 1.29 is 14.5 Å². The van der Waals surface area contributed by atoms with Crippen molar-refractivity contribution in [3.63, 3.8) is 0 Å². The highest BCUT2D eigenvalue weighted by Crippen LogP contribution is 2.14. The molecular weight excluding hydrogens is 408 g/mol. The van der Waals surface area contributed by atoms with Crippen LogP contribution < -0.4 is 10.6 Å². The fraction of sp³-hybridized carbons (Fsp3) is 0.238. The highest BCUT2D eigenvalue weighted by atomic mass is 35.5. The maximum Gasteiger partial charge on any atom is 0.269 e. The average molecular weight is 431 g/mol. The lowest BCUT2D eigenvalue weighted by molar-refractivity contribution is -0.384. The van der Waals surface area contributed by atoms with Gasteiger partial charge in [-0.05, 0) is 63.0 Å². The summed E-state index contributed by atoms with van der Waals surface area (Å²) in [5.41, 5.74) is 0.817. The number of amides is 2. The summed E-state index contributed by atoms with van der Waals surface area (Å²) in [6.45, 7) is 1.26. The number of hydrogen-bond acceptors (Lipinski definition) is 5. The second-order valence-electron chi connectivity index (χ2n) is 6.78. The first kappa shape index (κ1) is 23.1. The molecule has 0 radical (unpaired) electrons. The zero-order valence-corrected chi connectivity index (χ0v) is 17.5. The van der Waals surface area contributed by atoms with Gasteiger partial charge in [0.15, 0.2) is 0 Å². The van der Waals surface area contributed by atoms with Gasteiger partial charge in [0.2, 0.25) is 0 Å². The minimum atomic E-state index is -0.548. The van der Waals surface area contributed by atoms with E-state index in [0.29, 0.717) is 17.1 Å². The molecule has 2 amide bonds. The molecule has 2 aromatic carbocycles. The minimum absolute atomic E-state index is 0.0607. The Kier molecular flexibility index (Phi) is 8.52. The number of benzene rings is 2. The third-order valence-corrected chi connectivity index (χ3v) is 4.33. The molecule has 0 unspecified atom stereocenters. The van der Waals surface area contributed by atoms with Gasteiger partial charge in [0.05, 0.1) is 4.92 Å². The van der Waals surface area contributed by atoms with Crippen LogP contribution in [0, 0.1) is 10.1 Å².